The molecule has 1 aliphatic heterocycles. The zero-order valence-corrected chi connectivity index (χ0v) is 15.3. The van der Waals surface area contributed by atoms with E-state index in [-0.39, 0.29) is 16.7 Å². The molecule has 1 fully saturated rings. The van der Waals surface area contributed by atoms with Crippen molar-refractivity contribution in [2.75, 3.05) is 13.1 Å². The van der Waals surface area contributed by atoms with Gasteiger partial charge in [-0.1, -0.05) is 39.0 Å². The molecule has 1 amide bonds. The van der Waals surface area contributed by atoms with E-state index in [0.717, 1.165) is 31.6 Å². The van der Waals surface area contributed by atoms with Crippen LogP contribution in [-0.4, -0.2) is 39.1 Å². The fourth-order valence-electron chi connectivity index (χ4n) is 3.24. The van der Waals surface area contributed by atoms with Crippen LogP contribution in [0, 0.1) is 11.8 Å². The van der Waals surface area contributed by atoms with Crippen LogP contribution in [0.4, 0.5) is 0 Å². The largest absolute Gasteiger partial charge is 0.341 e. The van der Waals surface area contributed by atoms with Gasteiger partial charge >= 0.3 is 0 Å². The summed E-state index contributed by atoms with van der Waals surface area (Å²) in [5.74, 6) is 1.23. The van der Waals surface area contributed by atoms with Crippen LogP contribution >= 0.6 is 11.8 Å². The third-order valence-corrected chi connectivity index (χ3v) is 5.07. The van der Waals surface area contributed by atoms with E-state index in [1.165, 1.54) is 24.2 Å². The van der Waals surface area contributed by atoms with Crippen LogP contribution in [-0.2, 0) is 11.2 Å². The lowest BCUT2D eigenvalue weighted by molar-refractivity contribution is -0.132. The topological polar surface area (TPSA) is 66.1 Å². The summed E-state index contributed by atoms with van der Waals surface area (Å²) in [6, 6.07) is 1.54. The molecule has 1 saturated heterocycles. The minimum Gasteiger partial charge on any atom is -0.341 e. The summed E-state index contributed by atoms with van der Waals surface area (Å²) < 4.78 is 0. The Morgan fingerprint density at radius 2 is 2.09 bits per heavy atom. The predicted molar refractivity (Wildman–Crippen MR) is 93.7 cm³/mol. The van der Waals surface area contributed by atoms with Crippen LogP contribution in [0.1, 0.15) is 46.2 Å². The van der Waals surface area contributed by atoms with Crippen molar-refractivity contribution in [3.05, 3.63) is 22.1 Å². The number of hydrogen-bond donors (Lipinski definition) is 1. The van der Waals surface area contributed by atoms with E-state index >= 15 is 0 Å². The van der Waals surface area contributed by atoms with E-state index in [1.54, 1.807) is 0 Å². The molecule has 0 bridgehead atoms. The maximum Gasteiger partial charge on any atom is 0.251 e. The molecule has 0 spiro atoms. The second-order valence-corrected chi connectivity index (χ2v) is 8.07. The molecule has 0 aliphatic carbocycles. The maximum atomic E-state index is 12.7. The SMILES string of the molecule is CCCc1cc(=O)[nH]c(S[C@H](C)C(=O)N2C[C@@H](C)C[C@H](C)C2)n1. The van der Waals surface area contributed by atoms with Crippen molar-refractivity contribution in [3.63, 3.8) is 0 Å². The van der Waals surface area contributed by atoms with Gasteiger partial charge in [-0.25, -0.2) is 4.98 Å². The molecule has 1 aliphatic rings. The Morgan fingerprint density at radius 3 is 2.70 bits per heavy atom. The molecular formula is C17H27N3O2S. The van der Waals surface area contributed by atoms with Crippen molar-refractivity contribution in [1.82, 2.24) is 14.9 Å². The number of nitrogens with one attached hydrogen (secondary N) is 1. The molecule has 0 unspecified atom stereocenters. The molecule has 23 heavy (non-hydrogen) atoms. The Morgan fingerprint density at radius 1 is 1.43 bits per heavy atom. The number of aromatic amines is 1. The number of piperidine rings is 1. The second kappa shape index (κ2) is 7.99. The van der Waals surface area contributed by atoms with Gasteiger partial charge in [-0.2, -0.15) is 0 Å². The summed E-state index contributed by atoms with van der Waals surface area (Å²) in [4.78, 5) is 33.6. The molecule has 1 aromatic rings. The van der Waals surface area contributed by atoms with Gasteiger partial charge in [0, 0.05) is 24.8 Å². The summed E-state index contributed by atoms with van der Waals surface area (Å²) >= 11 is 1.34. The van der Waals surface area contributed by atoms with Gasteiger partial charge < -0.3 is 9.88 Å². The van der Waals surface area contributed by atoms with Crippen molar-refractivity contribution in [1.29, 1.82) is 0 Å². The quantitative estimate of drug-likeness (QED) is 0.663. The number of nitrogens with zero attached hydrogens (tertiary/aromatic N) is 2. The number of thioether (sulfide) groups is 1. The first-order valence-corrected chi connectivity index (χ1v) is 9.32. The first-order chi connectivity index (χ1) is 10.9. The van der Waals surface area contributed by atoms with E-state index in [1.807, 2.05) is 11.8 Å². The van der Waals surface area contributed by atoms with Crippen molar-refractivity contribution >= 4 is 17.7 Å². The predicted octanol–water partition coefficient (Wildman–Crippen LogP) is 2.71. The maximum absolute atomic E-state index is 12.7. The number of carbonyl (C=O) groups excluding carboxylic acids is 1. The van der Waals surface area contributed by atoms with E-state index in [4.69, 9.17) is 0 Å². The molecular weight excluding hydrogens is 310 g/mol. The molecule has 3 atom stereocenters. The fraction of sp³-hybridized carbons (Fsp3) is 0.706. The number of aryl methyl sites for hydroxylation is 1. The Labute approximate surface area is 142 Å². The highest BCUT2D eigenvalue weighted by molar-refractivity contribution is 8.00. The molecule has 6 heteroatoms. The average Bonchev–Trinajstić information content (AvgIpc) is 2.45. The minimum absolute atomic E-state index is 0.136. The standard InChI is InChI=1S/C17H27N3O2S/c1-5-6-14-8-15(21)19-17(18-14)23-13(4)16(22)20-9-11(2)7-12(3)10-20/h8,11-13H,5-7,9-10H2,1-4H3,(H,18,19,21)/t11-,12-,13+/m0/s1. The molecule has 2 rings (SSSR count). The van der Waals surface area contributed by atoms with Gasteiger partial charge in [-0.05, 0) is 31.6 Å². The summed E-state index contributed by atoms with van der Waals surface area (Å²) in [5, 5.41) is 0.299. The van der Waals surface area contributed by atoms with Gasteiger partial charge in [0.15, 0.2) is 5.16 Å². The normalized spacial score (nSPS) is 22.9. The number of aromatic nitrogens is 2. The van der Waals surface area contributed by atoms with Gasteiger partial charge in [0.1, 0.15) is 0 Å². The molecule has 0 aromatic carbocycles. The van der Waals surface area contributed by atoms with Crippen molar-refractivity contribution in [2.45, 2.75) is 57.4 Å². The van der Waals surface area contributed by atoms with Crippen molar-refractivity contribution < 1.29 is 4.79 Å². The summed E-state index contributed by atoms with van der Waals surface area (Å²) in [6.07, 6.45) is 2.90. The van der Waals surface area contributed by atoms with Crippen LogP contribution < -0.4 is 5.56 Å². The lowest BCUT2D eigenvalue weighted by atomic mass is 9.92. The first-order valence-electron chi connectivity index (χ1n) is 8.44. The second-order valence-electron chi connectivity index (χ2n) is 6.74. The fourth-order valence-corrected chi connectivity index (χ4v) is 4.16. The van der Waals surface area contributed by atoms with Crippen molar-refractivity contribution in [2.24, 2.45) is 11.8 Å². The molecule has 5 nitrogen and oxygen atoms in total. The number of carbonyl (C=O) groups is 1. The molecule has 1 N–H and O–H groups in total. The van der Waals surface area contributed by atoms with E-state index < -0.39 is 0 Å². The summed E-state index contributed by atoms with van der Waals surface area (Å²) in [6.45, 7) is 9.99. The Balaban J connectivity index is 2.04. The van der Waals surface area contributed by atoms with Gasteiger partial charge in [0.05, 0.1) is 5.25 Å². The van der Waals surface area contributed by atoms with E-state index in [0.29, 0.717) is 17.0 Å². The minimum atomic E-state index is -0.243. The summed E-state index contributed by atoms with van der Waals surface area (Å²) in [5.41, 5.74) is 0.643. The van der Waals surface area contributed by atoms with E-state index in [2.05, 4.69) is 30.7 Å². The Hall–Kier alpha value is -1.30. The Kier molecular flexibility index (Phi) is 6.27. The van der Waals surface area contributed by atoms with Gasteiger partial charge in [0.25, 0.3) is 5.56 Å². The van der Waals surface area contributed by atoms with Gasteiger partial charge in [0.2, 0.25) is 5.91 Å². The van der Waals surface area contributed by atoms with Crippen LogP contribution in [0.2, 0.25) is 0 Å². The number of hydrogen-bond acceptors (Lipinski definition) is 4. The highest BCUT2D eigenvalue weighted by Crippen LogP contribution is 2.25. The van der Waals surface area contributed by atoms with Crippen molar-refractivity contribution in [3.8, 4) is 0 Å². The lowest BCUT2D eigenvalue weighted by Gasteiger charge is -2.36. The highest BCUT2D eigenvalue weighted by Gasteiger charge is 2.29. The van der Waals surface area contributed by atoms with Crippen LogP contribution in [0.25, 0.3) is 0 Å². The number of H-pyrrole nitrogens is 1. The number of rotatable bonds is 5. The lowest BCUT2D eigenvalue weighted by Crippen LogP contribution is -2.45. The first kappa shape index (κ1) is 18.0. The molecule has 0 radical (unpaired) electrons. The summed E-state index contributed by atoms with van der Waals surface area (Å²) in [7, 11) is 0. The number of amides is 1. The van der Waals surface area contributed by atoms with Crippen LogP contribution in [0.5, 0.6) is 0 Å². The van der Waals surface area contributed by atoms with Crippen LogP contribution in [0.3, 0.4) is 0 Å². The molecule has 0 saturated carbocycles. The Bertz CT molecular complexity index is 592. The molecule has 1 aromatic heterocycles. The zero-order valence-electron chi connectivity index (χ0n) is 14.5. The molecule has 128 valence electrons. The van der Waals surface area contributed by atoms with E-state index in [9.17, 15) is 9.59 Å². The number of likely N-dealkylation sites (tertiary alicyclic amines) is 1. The monoisotopic (exact) mass is 337 g/mol. The third-order valence-electron chi connectivity index (χ3n) is 4.10. The van der Waals surface area contributed by atoms with Crippen LogP contribution in [0.15, 0.2) is 16.0 Å². The van der Waals surface area contributed by atoms with Gasteiger partial charge in [-0.3, -0.25) is 9.59 Å². The smallest absolute Gasteiger partial charge is 0.251 e. The average molecular weight is 337 g/mol. The highest BCUT2D eigenvalue weighted by atomic mass is 32.2. The van der Waals surface area contributed by atoms with Gasteiger partial charge in [-0.15, -0.1) is 0 Å². The molecule has 2 heterocycles. The zero-order chi connectivity index (χ0) is 17.0. The third kappa shape index (κ3) is 5.09.